The normalized spacial score (nSPS) is 25.1. The van der Waals surface area contributed by atoms with Gasteiger partial charge in [0.05, 0.1) is 24.3 Å². The smallest absolute Gasteiger partial charge is 0.245 e. The van der Waals surface area contributed by atoms with Crippen LogP contribution in [0.4, 0.5) is 0 Å². The molecular formula is C45H76N12O11. The molecule has 68 heavy (non-hydrogen) atoms. The van der Waals surface area contributed by atoms with Gasteiger partial charge in [-0.05, 0) is 90.0 Å². The SMILES string of the molecule is CC(C)C[C@@H]1NC(=O)[C@@H](Cc2ccccc2)NC(=O)[C@H](CCN)NC(=O)[C@@H](CC(=O)[C@H](CCN)NC(=O)[C@@H](N)C(C)O)CCNC(=O)[C@H](C(C)O)NC(=O)[C@H](CCN)CC(=O)[C@H](CCN)NC1=O. The predicted octanol–water partition coefficient (Wildman–Crippen LogP) is -4.66. The highest BCUT2D eigenvalue weighted by molar-refractivity contribution is 5.98. The number of nitrogens with two attached hydrogens (primary N) is 5. The zero-order valence-corrected chi connectivity index (χ0v) is 39.7. The Balaban J connectivity index is 2.74. The number of carbonyl (C=O) groups is 9. The fraction of sp³-hybridized carbons (Fsp3) is 0.667. The van der Waals surface area contributed by atoms with Crippen LogP contribution in [0.15, 0.2) is 30.3 Å². The second-order valence-corrected chi connectivity index (χ2v) is 17.7. The van der Waals surface area contributed by atoms with Crippen molar-refractivity contribution in [2.45, 2.75) is 140 Å². The summed E-state index contributed by atoms with van der Waals surface area (Å²) in [5.74, 6) is -9.58. The van der Waals surface area contributed by atoms with Crippen molar-refractivity contribution in [3.05, 3.63) is 35.9 Å². The minimum atomic E-state index is -1.57. The Bertz CT molecular complexity index is 1840. The quantitative estimate of drug-likeness (QED) is 0.0620. The number of aliphatic hydroxyl groups is 2. The van der Waals surface area contributed by atoms with Gasteiger partial charge in [-0.15, -0.1) is 0 Å². The molecule has 1 aromatic carbocycles. The minimum absolute atomic E-state index is 0.0257. The lowest BCUT2D eigenvalue weighted by atomic mass is 9.92. The van der Waals surface area contributed by atoms with Crippen molar-refractivity contribution in [3.63, 3.8) is 0 Å². The number of nitrogens with one attached hydrogen (secondary N) is 7. The first-order valence-electron chi connectivity index (χ1n) is 23.3. The van der Waals surface area contributed by atoms with Crippen molar-refractivity contribution >= 4 is 52.9 Å². The van der Waals surface area contributed by atoms with Gasteiger partial charge in [-0.25, -0.2) is 0 Å². The average molecular weight is 961 g/mol. The number of rotatable bonds is 19. The second kappa shape index (κ2) is 30.1. The molecule has 0 radical (unpaired) electrons. The Morgan fingerprint density at radius 3 is 1.79 bits per heavy atom. The monoisotopic (exact) mass is 961 g/mol. The van der Waals surface area contributed by atoms with Gasteiger partial charge in [0.1, 0.15) is 30.2 Å². The Morgan fingerprint density at radius 1 is 0.676 bits per heavy atom. The van der Waals surface area contributed by atoms with Crippen molar-refractivity contribution in [1.29, 1.82) is 0 Å². The molecule has 1 heterocycles. The van der Waals surface area contributed by atoms with Gasteiger partial charge in [-0.3, -0.25) is 43.2 Å². The molecule has 1 aliphatic rings. The van der Waals surface area contributed by atoms with Crippen LogP contribution in [0.3, 0.4) is 0 Å². The maximum Gasteiger partial charge on any atom is 0.245 e. The number of carbonyl (C=O) groups excluding carboxylic acids is 9. The van der Waals surface area contributed by atoms with Crippen LogP contribution in [0.25, 0.3) is 0 Å². The molecule has 0 saturated carbocycles. The lowest BCUT2D eigenvalue weighted by Crippen LogP contribution is -2.59. The molecule has 0 aromatic heterocycles. The fourth-order valence-corrected chi connectivity index (χ4v) is 7.53. The van der Waals surface area contributed by atoms with E-state index in [1.54, 1.807) is 30.3 Å². The van der Waals surface area contributed by atoms with Gasteiger partial charge in [0.2, 0.25) is 41.4 Å². The van der Waals surface area contributed by atoms with Crippen molar-refractivity contribution in [1.82, 2.24) is 37.2 Å². The summed E-state index contributed by atoms with van der Waals surface area (Å²) in [6.07, 6.45) is -4.26. The lowest BCUT2D eigenvalue weighted by Gasteiger charge is -2.28. The largest absolute Gasteiger partial charge is 0.391 e. The summed E-state index contributed by atoms with van der Waals surface area (Å²) >= 11 is 0. The van der Waals surface area contributed by atoms with E-state index in [2.05, 4.69) is 37.2 Å². The number of hydrogen-bond donors (Lipinski definition) is 14. The molecule has 1 aromatic rings. The van der Waals surface area contributed by atoms with Crippen LogP contribution in [-0.2, 0) is 49.6 Å². The van der Waals surface area contributed by atoms with E-state index in [-0.39, 0.29) is 83.6 Å². The maximum absolute atomic E-state index is 14.3. The fourth-order valence-electron chi connectivity index (χ4n) is 7.53. The van der Waals surface area contributed by atoms with Crippen LogP contribution in [-0.4, -0.2) is 150 Å². The summed E-state index contributed by atoms with van der Waals surface area (Å²) in [5.41, 5.74) is 29.8. The minimum Gasteiger partial charge on any atom is -0.391 e. The molecule has 23 nitrogen and oxygen atoms in total. The molecule has 1 saturated heterocycles. The van der Waals surface area contributed by atoms with Crippen LogP contribution in [0.5, 0.6) is 0 Å². The maximum atomic E-state index is 14.3. The highest BCUT2D eigenvalue weighted by Crippen LogP contribution is 2.17. The van der Waals surface area contributed by atoms with Gasteiger partial charge in [0.25, 0.3) is 0 Å². The number of aliphatic hydroxyl groups excluding tert-OH is 2. The van der Waals surface area contributed by atoms with Crippen molar-refractivity contribution in [2.24, 2.45) is 46.4 Å². The molecule has 0 spiro atoms. The molecule has 0 bridgehead atoms. The van der Waals surface area contributed by atoms with Crippen LogP contribution < -0.4 is 65.9 Å². The van der Waals surface area contributed by atoms with Gasteiger partial charge in [0.15, 0.2) is 11.6 Å². The summed E-state index contributed by atoms with van der Waals surface area (Å²) in [6, 6.07) is -0.687. The van der Waals surface area contributed by atoms with E-state index in [1.165, 1.54) is 13.8 Å². The zero-order valence-electron chi connectivity index (χ0n) is 39.7. The van der Waals surface area contributed by atoms with Crippen molar-refractivity contribution < 1.29 is 53.4 Å². The van der Waals surface area contributed by atoms with Gasteiger partial charge >= 0.3 is 0 Å². The Labute approximate surface area is 397 Å². The Kier molecular flexibility index (Phi) is 26.0. The summed E-state index contributed by atoms with van der Waals surface area (Å²) in [4.78, 5) is 125. The topological polar surface area (TPSA) is 408 Å². The van der Waals surface area contributed by atoms with E-state index < -0.39 is 132 Å². The molecule has 1 fully saturated rings. The molecular weight excluding hydrogens is 885 g/mol. The second-order valence-electron chi connectivity index (χ2n) is 17.7. The Hall–Kier alpha value is -5.43. The molecule has 2 rings (SSSR count). The molecule has 1 aliphatic heterocycles. The number of benzene rings is 1. The Morgan fingerprint density at radius 2 is 1.22 bits per heavy atom. The predicted molar refractivity (Wildman–Crippen MR) is 251 cm³/mol. The third kappa shape index (κ3) is 19.7. The van der Waals surface area contributed by atoms with Crippen molar-refractivity contribution in [3.8, 4) is 0 Å². The molecule has 19 N–H and O–H groups in total. The third-order valence-corrected chi connectivity index (χ3v) is 11.5. The van der Waals surface area contributed by atoms with Gasteiger partial charge in [-0.2, -0.15) is 0 Å². The molecule has 0 aliphatic carbocycles. The molecule has 382 valence electrons. The molecule has 2 unspecified atom stereocenters. The highest BCUT2D eigenvalue weighted by Gasteiger charge is 2.36. The van der Waals surface area contributed by atoms with E-state index in [0.717, 1.165) is 0 Å². The first-order chi connectivity index (χ1) is 32.2. The third-order valence-electron chi connectivity index (χ3n) is 11.5. The van der Waals surface area contributed by atoms with Crippen LogP contribution in [0.2, 0.25) is 0 Å². The summed E-state index contributed by atoms with van der Waals surface area (Å²) in [7, 11) is 0. The molecule has 11 atom stereocenters. The number of amides is 7. The number of Topliss-reactive ketones (excluding diaryl/α,β-unsaturated/α-hetero) is 2. The zero-order chi connectivity index (χ0) is 51.1. The van der Waals surface area contributed by atoms with Crippen LogP contribution in [0.1, 0.15) is 84.6 Å². The van der Waals surface area contributed by atoms with Gasteiger partial charge < -0.3 is 76.1 Å². The van der Waals surface area contributed by atoms with E-state index in [9.17, 15) is 53.4 Å². The van der Waals surface area contributed by atoms with E-state index in [4.69, 9.17) is 28.7 Å². The van der Waals surface area contributed by atoms with E-state index in [1.807, 2.05) is 13.8 Å². The van der Waals surface area contributed by atoms with Crippen LogP contribution in [0, 0.1) is 17.8 Å². The summed E-state index contributed by atoms with van der Waals surface area (Å²) in [5, 5.41) is 38.8. The van der Waals surface area contributed by atoms with Gasteiger partial charge in [-0.1, -0.05) is 44.2 Å². The number of hydrogen-bond acceptors (Lipinski definition) is 16. The first kappa shape index (κ1) is 58.7. The van der Waals surface area contributed by atoms with Gasteiger partial charge in [0, 0.05) is 37.6 Å². The highest BCUT2D eigenvalue weighted by atomic mass is 16.3. The molecule has 7 amide bonds. The van der Waals surface area contributed by atoms with Crippen LogP contribution >= 0.6 is 0 Å². The van der Waals surface area contributed by atoms with E-state index >= 15 is 0 Å². The summed E-state index contributed by atoms with van der Waals surface area (Å²) in [6.45, 7) is 5.55. The lowest BCUT2D eigenvalue weighted by molar-refractivity contribution is -0.136. The average Bonchev–Trinajstić information content (AvgIpc) is 3.28. The standard InChI is InChI=1S/C45H76N12O11/c1-24(2)20-33-42(65)52-30(11-16-47)35(60)22-28(10-15-46)40(63)57-38(26(4)59)45(68)51-19-14-29(23-36(61)31(12-17-48)53-44(67)37(50)25(3)58)39(62)54-32(13-18-49)41(64)56-34(43(66)55-33)21-27-8-6-5-7-9-27/h5-9,24-26,28-34,37-38,58-59H,10-23,46-50H2,1-4H3,(H,51,68)(H,52,65)(H,53,67)(H,54,62)(H,55,66)(H,56,64)(H,57,63)/t25?,26?,28-,29-,30+,31+,32+,33+,34-,37+,38+/m1/s1. The first-order valence-corrected chi connectivity index (χ1v) is 23.3. The number of ketones is 2. The van der Waals surface area contributed by atoms with E-state index in [0.29, 0.717) is 5.56 Å². The van der Waals surface area contributed by atoms with Crippen molar-refractivity contribution in [2.75, 3.05) is 32.7 Å². The molecule has 23 heteroatoms. The summed E-state index contributed by atoms with van der Waals surface area (Å²) < 4.78 is 0.